The molecule has 1 aromatic carbocycles. The van der Waals surface area contributed by atoms with Crippen molar-refractivity contribution in [1.82, 2.24) is 24.5 Å². The van der Waals surface area contributed by atoms with Gasteiger partial charge in [-0.15, -0.1) is 0 Å². The van der Waals surface area contributed by atoms with E-state index in [1.54, 1.807) is 24.3 Å². The number of alkyl halides is 2. The highest BCUT2D eigenvalue weighted by Crippen LogP contribution is 2.29. The van der Waals surface area contributed by atoms with Crippen LogP contribution in [0, 0.1) is 0 Å². The summed E-state index contributed by atoms with van der Waals surface area (Å²) in [5.41, 5.74) is 7.09. The van der Waals surface area contributed by atoms with Crippen LogP contribution < -0.4 is 15.5 Å². The summed E-state index contributed by atoms with van der Waals surface area (Å²) >= 11 is 0. The first-order chi connectivity index (χ1) is 16.0. The minimum atomic E-state index is -2.78. The highest BCUT2D eigenvalue weighted by Gasteiger charge is 2.28. The molecule has 0 atom stereocenters. The van der Waals surface area contributed by atoms with Gasteiger partial charge in [-0.1, -0.05) is 12.1 Å². The molecule has 2 N–H and O–H groups in total. The Morgan fingerprint density at radius 2 is 1.70 bits per heavy atom. The van der Waals surface area contributed by atoms with E-state index >= 15 is 0 Å². The molecule has 33 heavy (non-hydrogen) atoms. The molecule has 5 rings (SSSR count). The van der Waals surface area contributed by atoms with Gasteiger partial charge in [-0.2, -0.15) is 15.0 Å². The molecular weight excluding hydrogens is 430 g/mol. The zero-order valence-corrected chi connectivity index (χ0v) is 18.6. The van der Waals surface area contributed by atoms with Crippen molar-refractivity contribution in [3.63, 3.8) is 0 Å². The number of halogens is 2. The maximum absolute atomic E-state index is 14.0. The SMILES string of the molecule is CN(c1nc(N2CCOCC2)nc(-n2c(C(F)F)nc3ccccc32)n1)[C@H]1CC[C@H](N)CC1. The van der Waals surface area contributed by atoms with Gasteiger partial charge in [-0.25, -0.2) is 13.8 Å². The highest BCUT2D eigenvalue weighted by molar-refractivity contribution is 5.77. The number of benzene rings is 1. The Kier molecular flexibility index (Phi) is 6.07. The molecule has 3 aromatic rings. The van der Waals surface area contributed by atoms with Crippen molar-refractivity contribution in [2.24, 2.45) is 5.73 Å². The Morgan fingerprint density at radius 3 is 2.42 bits per heavy atom. The quantitative estimate of drug-likeness (QED) is 0.623. The van der Waals surface area contributed by atoms with Gasteiger partial charge in [0.25, 0.3) is 6.43 Å². The number of fused-ring (bicyclic) bond motifs is 1. The zero-order chi connectivity index (χ0) is 22.9. The fourth-order valence-corrected chi connectivity index (χ4v) is 4.56. The molecule has 176 valence electrons. The molecule has 11 heteroatoms. The lowest BCUT2D eigenvalue weighted by molar-refractivity contribution is 0.122. The summed E-state index contributed by atoms with van der Waals surface area (Å²) in [6.07, 6.45) is 0.960. The Bertz CT molecular complexity index is 1110. The van der Waals surface area contributed by atoms with Crippen LogP contribution in [0.5, 0.6) is 0 Å². The van der Waals surface area contributed by atoms with Gasteiger partial charge in [0.2, 0.25) is 17.8 Å². The third-order valence-corrected chi connectivity index (χ3v) is 6.48. The molecule has 1 aliphatic heterocycles. The average Bonchev–Trinajstić information content (AvgIpc) is 3.24. The minimum Gasteiger partial charge on any atom is -0.378 e. The van der Waals surface area contributed by atoms with Crippen LogP contribution in [-0.2, 0) is 4.74 Å². The van der Waals surface area contributed by atoms with Gasteiger partial charge < -0.3 is 20.3 Å². The van der Waals surface area contributed by atoms with Crippen LogP contribution in [-0.4, -0.2) is 69.9 Å². The summed E-state index contributed by atoms with van der Waals surface area (Å²) in [5, 5.41) is 0. The monoisotopic (exact) mass is 458 g/mol. The van der Waals surface area contributed by atoms with E-state index < -0.39 is 6.43 Å². The molecule has 2 fully saturated rings. The molecule has 0 spiro atoms. The molecule has 9 nitrogen and oxygen atoms in total. The summed E-state index contributed by atoms with van der Waals surface area (Å²) in [7, 11) is 1.95. The highest BCUT2D eigenvalue weighted by atomic mass is 19.3. The Labute approximate surface area is 190 Å². The Hall–Kier alpha value is -2.92. The van der Waals surface area contributed by atoms with Gasteiger partial charge in [0.05, 0.1) is 24.2 Å². The molecule has 0 bridgehead atoms. The van der Waals surface area contributed by atoms with E-state index in [2.05, 4.69) is 15.0 Å². The van der Waals surface area contributed by atoms with Gasteiger partial charge >= 0.3 is 0 Å². The van der Waals surface area contributed by atoms with Crippen molar-refractivity contribution < 1.29 is 13.5 Å². The molecule has 0 radical (unpaired) electrons. The van der Waals surface area contributed by atoms with Crippen LogP contribution in [0.1, 0.15) is 37.9 Å². The van der Waals surface area contributed by atoms with E-state index in [0.29, 0.717) is 49.2 Å². The summed E-state index contributed by atoms with van der Waals surface area (Å²) in [4.78, 5) is 22.2. The van der Waals surface area contributed by atoms with Crippen LogP contribution in [0.25, 0.3) is 17.0 Å². The molecule has 0 amide bonds. The van der Waals surface area contributed by atoms with Crippen molar-refractivity contribution >= 4 is 22.9 Å². The normalized spacial score (nSPS) is 21.7. The number of aromatic nitrogens is 5. The number of imidazole rings is 1. The molecule has 1 saturated heterocycles. The topological polar surface area (TPSA) is 98.2 Å². The lowest BCUT2D eigenvalue weighted by Gasteiger charge is -2.34. The second kappa shape index (κ2) is 9.14. The number of ether oxygens (including phenoxy) is 1. The van der Waals surface area contributed by atoms with Crippen LogP contribution in [0.2, 0.25) is 0 Å². The van der Waals surface area contributed by atoms with Crippen molar-refractivity contribution in [1.29, 1.82) is 0 Å². The predicted molar refractivity (Wildman–Crippen MR) is 121 cm³/mol. The van der Waals surface area contributed by atoms with Gasteiger partial charge in [0.15, 0.2) is 5.82 Å². The van der Waals surface area contributed by atoms with E-state index in [1.807, 2.05) is 16.8 Å². The second-order valence-corrected chi connectivity index (χ2v) is 8.61. The molecule has 1 saturated carbocycles. The van der Waals surface area contributed by atoms with Crippen LogP contribution in [0.3, 0.4) is 0 Å². The smallest absolute Gasteiger partial charge is 0.296 e. The molecule has 2 aliphatic rings. The fraction of sp³-hybridized carbons (Fsp3) is 0.545. The Balaban J connectivity index is 1.62. The molecule has 2 aromatic heterocycles. The summed E-state index contributed by atoms with van der Waals surface area (Å²) in [6.45, 7) is 2.36. The van der Waals surface area contributed by atoms with Crippen molar-refractivity contribution in [3.05, 3.63) is 30.1 Å². The lowest BCUT2D eigenvalue weighted by Crippen LogP contribution is -2.41. The van der Waals surface area contributed by atoms with E-state index in [4.69, 9.17) is 15.5 Å². The van der Waals surface area contributed by atoms with Crippen molar-refractivity contribution in [3.8, 4) is 5.95 Å². The Morgan fingerprint density at radius 1 is 1.00 bits per heavy atom. The number of hydrogen-bond donors (Lipinski definition) is 1. The first kappa shape index (κ1) is 21.9. The zero-order valence-electron chi connectivity index (χ0n) is 18.6. The number of morpholine rings is 1. The van der Waals surface area contributed by atoms with Gasteiger partial charge in [-0.05, 0) is 37.8 Å². The van der Waals surface area contributed by atoms with Gasteiger partial charge in [-0.3, -0.25) is 4.57 Å². The number of anilines is 2. The third-order valence-electron chi connectivity index (χ3n) is 6.48. The maximum Gasteiger partial charge on any atom is 0.296 e. The summed E-state index contributed by atoms with van der Waals surface area (Å²) in [5.74, 6) is 0.674. The first-order valence-corrected chi connectivity index (χ1v) is 11.3. The first-order valence-electron chi connectivity index (χ1n) is 11.3. The predicted octanol–water partition coefficient (Wildman–Crippen LogP) is 2.69. The molecule has 0 unspecified atom stereocenters. The second-order valence-electron chi connectivity index (χ2n) is 8.61. The lowest BCUT2D eigenvalue weighted by atomic mass is 9.91. The number of para-hydroxylation sites is 2. The number of rotatable bonds is 5. The molecular formula is C22H28F2N8O. The van der Waals surface area contributed by atoms with E-state index in [0.717, 1.165) is 25.7 Å². The van der Waals surface area contributed by atoms with E-state index in [9.17, 15) is 8.78 Å². The number of hydrogen-bond acceptors (Lipinski definition) is 8. The van der Waals surface area contributed by atoms with Crippen molar-refractivity contribution in [2.75, 3.05) is 43.2 Å². The van der Waals surface area contributed by atoms with Crippen LogP contribution in [0.15, 0.2) is 24.3 Å². The van der Waals surface area contributed by atoms with Gasteiger partial charge in [0, 0.05) is 32.2 Å². The molecule has 1 aliphatic carbocycles. The molecule has 3 heterocycles. The summed E-state index contributed by atoms with van der Waals surface area (Å²) in [6, 6.07) is 7.47. The minimum absolute atomic E-state index is 0.143. The largest absolute Gasteiger partial charge is 0.378 e. The van der Waals surface area contributed by atoms with E-state index in [-0.39, 0.29) is 23.9 Å². The van der Waals surface area contributed by atoms with Crippen molar-refractivity contribution in [2.45, 2.75) is 44.2 Å². The third kappa shape index (κ3) is 4.34. The fourth-order valence-electron chi connectivity index (χ4n) is 4.56. The average molecular weight is 459 g/mol. The number of nitrogens with zero attached hydrogens (tertiary/aromatic N) is 7. The van der Waals surface area contributed by atoms with Gasteiger partial charge in [0.1, 0.15) is 0 Å². The van der Waals surface area contributed by atoms with Crippen LogP contribution >= 0.6 is 0 Å². The number of nitrogens with two attached hydrogens (primary N) is 1. The maximum atomic E-state index is 14.0. The standard InChI is InChI=1S/C22H28F2N8O/c1-30(15-8-6-14(25)7-9-15)20-27-21(31-10-12-33-13-11-31)29-22(28-20)32-17-5-3-2-4-16(17)26-19(32)18(23)24/h2-5,14-15,18H,6-13,25H2,1H3/t14-,15-. The van der Waals surface area contributed by atoms with E-state index in [1.165, 1.54) is 4.57 Å². The summed E-state index contributed by atoms with van der Waals surface area (Å²) < 4.78 is 34.8. The van der Waals surface area contributed by atoms with Crippen LogP contribution in [0.4, 0.5) is 20.7 Å².